The van der Waals surface area contributed by atoms with E-state index in [1.54, 1.807) is 0 Å². The van der Waals surface area contributed by atoms with E-state index in [-0.39, 0.29) is 11.4 Å². The summed E-state index contributed by atoms with van der Waals surface area (Å²) in [6.45, 7) is 7.81. The smallest absolute Gasteiger partial charge is 0.254 e. The molecule has 34 heavy (non-hydrogen) atoms. The number of hydrogen-bond acceptors (Lipinski definition) is 2. The maximum absolute atomic E-state index is 13.2. The number of rotatable bonds is 2. The molecule has 4 fully saturated rings. The van der Waals surface area contributed by atoms with Gasteiger partial charge in [-0.05, 0) is 131 Å². The summed E-state index contributed by atoms with van der Waals surface area (Å²) in [5.41, 5.74) is 3.19. The minimum atomic E-state index is -0.0620. The second-order valence-corrected chi connectivity index (χ2v) is 13.7. The Balaban J connectivity index is 1.28. The van der Waals surface area contributed by atoms with Crippen molar-refractivity contribution in [2.45, 2.75) is 90.1 Å². The predicted octanol–water partition coefficient (Wildman–Crippen LogP) is 6.58. The Morgan fingerprint density at radius 3 is 2.44 bits per heavy atom. The van der Waals surface area contributed by atoms with E-state index < -0.39 is 0 Å². The first-order chi connectivity index (χ1) is 16.1. The zero-order valence-electron chi connectivity index (χ0n) is 22.4. The Hall–Kier alpha value is -1.35. The molecule has 1 aromatic carbocycles. The van der Waals surface area contributed by atoms with E-state index in [2.05, 4.69) is 69.9 Å². The lowest BCUT2D eigenvalue weighted by atomic mass is 9.43. The second-order valence-electron chi connectivity index (χ2n) is 13.7. The third-order valence-corrected chi connectivity index (χ3v) is 12.8. The van der Waals surface area contributed by atoms with Crippen molar-refractivity contribution in [1.82, 2.24) is 9.80 Å². The molecule has 4 saturated carbocycles. The highest BCUT2D eigenvalue weighted by atomic mass is 16.2. The molecule has 3 nitrogen and oxygen atoms in total. The molecule has 0 unspecified atom stereocenters. The van der Waals surface area contributed by atoms with Crippen LogP contribution in [0, 0.1) is 40.4 Å². The predicted molar refractivity (Wildman–Crippen MR) is 139 cm³/mol. The summed E-state index contributed by atoms with van der Waals surface area (Å²) in [5.74, 6) is 4.56. The van der Waals surface area contributed by atoms with Crippen molar-refractivity contribution in [3.63, 3.8) is 0 Å². The van der Waals surface area contributed by atoms with E-state index >= 15 is 0 Å². The molecule has 9 atom stereocenters. The molecule has 1 aliphatic heterocycles. The molecule has 0 radical (unpaired) electrons. The van der Waals surface area contributed by atoms with Crippen LogP contribution in [0.5, 0.6) is 0 Å². The lowest BCUT2D eigenvalue weighted by Gasteiger charge is -2.63. The van der Waals surface area contributed by atoms with Gasteiger partial charge >= 0.3 is 0 Å². The van der Waals surface area contributed by atoms with Crippen LogP contribution in [0.4, 0.5) is 0 Å². The summed E-state index contributed by atoms with van der Waals surface area (Å²) in [7, 11) is 6.63. The van der Waals surface area contributed by atoms with Crippen molar-refractivity contribution in [3.8, 4) is 0 Å². The average Bonchev–Trinajstić information content (AvgIpc) is 3.28. The fourth-order valence-electron chi connectivity index (χ4n) is 10.6. The normalized spacial score (nSPS) is 46.3. The van der Waals surface area contributed by atoms with E-state index in [0.717, 1.165) is 41.6 Å². The van der Waals surface area contributed by atoms with Crippen molar-refractivity contribution in [1.29, 1.82) is 0 Å². The lowest BCUT2D eigenvalue weighted by Crippen LogP contribution is -2.57. The second kappa shape index (κ2) is 7.58. The van der Waals surface area contributed by atoms with Crippen molar-refractivity contribution in [2.24, 2.45) is 40.4 Å². The molecular formula is C31H46N2O. The Bertz CT molecular complexity index is 987. The molecule has 3 heteroatoms. The van der Waals surface area contributed by atoms with Gasteiger partial charge in [-0.3, -0.25) is 4.79 Å². The van der Waals surface area contributed by atoms with Crippen LogP contribution in [-0.4, -0.2) is 42.9 Å². The maximum Gasteiger partial charge on any atom is 0.254 e. The third-order valence-electron chi connectivity index (χ3n) is 12.8. The van der Waals surface area contributed by atoms with Crippen LogP contribution in [0.3, 0.4) is 0 Å². The molecule has 0 N–H and O–H groups in total. The molecule has 0 aromatic heterocycles. The van der Waals surface area contributed by atoms with Crippen LogP contribution in [0.2, 0.25) is 0 Å². The average molecular weight is 463 g/mol. The highest BCUT2D eigenvalue weighted by Crippen LogP contribution is 2.69. The molecule has 0 bridgehead atoms. The lowest BCUT2D eigenvalue weighted by molar-refractivity contribution is -0.134. The molecular weight excluding hydrogens is 416 g/mol. The first kappa shape index (κ1) is 23.1. The number of nitrogens with zero attached hydrogens (tertiary/aromatic N) is 2. The Morgan fingerprint density at radius 2 is 1.68 bits per heavy atom. The summed E-state index contributed by atoms with van der Waals surface area (Å²) in [4.78, 5) is 17.8. The fourth-order valence-corrected chi connectivity index (χ4v) is 10.6. The monoisotopic (exact) mass is 462 g/mol. The van der Waals surface area contributed by atoms with Crippen LogP contribution in [0.25, 0.3) is 0 Å². The number of carbonyl (C=O) groups excluding carboxylic acids is 1. The molecule has 0 saturated heterocycles. The zero-order chi connectivity index (χ0) is 24.0. The van der Waals surface area contributed by atoms with Crippen molar-refractivity contribution in [2.75, 3.05) is 21.1 Å². The number of amides is 1. The molecule has 186 valence electrons. The standard InChI is InChI=1S/C31H46N2O/c1-20(32(4)5)24-13-14-25-22-12-11-21-19-31(27-10-8-7-9-23(27)28(34)33(31)6)18-17-29(21,2)26(22)15-16-30(24,25)3/h7-10,20-22,24-26H,11-19H2,1-6H3/t20-,21+,22-,24+,25-,26+,29-,30+,31-/m0/s1. The van der Waals surface area contributed by atoms with Gasteiger partial charge in [-0.1, -0.05) is 32.0 Å². The van der Waals surface area contributed by atoms with E-state index in [4.69, 9.17) is 0 Å². The van der Waals surface area contributed by atoms with E-state index in [1.165, 1.54) is 56.9 Å². The summed E-state index contributed by atoms with van der Waals surface area (Å²) in [5, 5.41) is 0. The van der Waals surface area contributed by atoms with Gasteiger partial charge in [0, 0.05) is 18.7 Å². The Labute approximate surface area is 207 Å². The van der Waals surface area contributed by atoms with E-state index in [1.807, 2.05) is 6.07 Å². The zero-order valence-corrected chi connectivity index (χ0v) is 22.4. The van der Waals surface area contributed by atoms with Crippen LogP contribution in [0.1, 0.15) is 94.5 Å². The summed E-state index contributed by atoms with van der Waals surface area (Å²) in [6, 6.07) is 9.17. The minimum absolute atomic E-state index is 0.0620. The number of fused-ring (bicyclic) bond motifs is 7. The summed E-state index contributed by atoms with van der Waals surface area (Å²) in [6.07, 6.45) is 12.1. The molecule has 1 spiro atoms. The Kier molecular flexibility index (Phi) is 5.14. The van der Waals surface area contributed by atoms with Gasteiger partial charge in [-0.15, -0.1) is 0 Å². The third kappa shape index (κ3) is 2.83. The van der Waals surface area contributed by atoms with Gasteiger partial charge in [0.05, 0.1) is 5.54 Å². The van der Waals surface area contributed by atoms with Crippen LogP contribution in [-0.2, 0) is 5.54 Å². The molecule has 1 heterocycles. The number of carbonyl (C=O) groups is 1. The Morgan fingerprint density at radius 1 is 0.941 bits per heavy atom. The quantitative estimate of drug-likeness (QED) is 0.496. The number of benzene rings is 1. The first-order valence-corrected chi connectivity index (χ1v) is 14.2. The van der Waals surface area contributed by atoms with Gasteiger partial charge in [0.15, 0.2) is 0 Å². The van der Waals surface area contributed by atoms with Gasteiger partial charge in [0.1, 0.15) is 0 Å². The highest BCUT2D eigenvalue weighted by Gasteiger charge is 2.63. The topological polar surface area (TPSA) is 23.6 Å². The van der Waals surface area contributed by atoms with Crippen LogP contribution < -0.4 is 0 Å². The SMILES string of the molecule is C[C@@H]([C@H]1CC[C@H]2[C@@H]3CC[C@@H]4C[C@@]5(CC[C@]4(C)[C@@H]3CC[C@]12C)c1ccccc1C(=O)N5C)N(C)C. The highest BCUT2D eigenvalue weighted by molar-refractivity contribution is 5.99. The van der Waals surface area contributed by atoms with E-state index in [9.17, 15) is 4.79 Å². The van der Waals surface area contributed by atoms with Gasteiger partial charge < -0.3 is 9.80 Å². The minimum Gasteiger partial charge on any atom is -0.332 e. The molecule has 6 rings (SSSR count). The largest absolute Gasteiger partial charge is 0.332 e. The summed E-state index contributed by atoms with van der Waals surface area (Å²) >= 11 is 0. The van der Waals surface area contributed by atoms with Gasteiger partial charge in [-0.2, -0.15) is 0 Å². The molecule has 5 aliphatic rings. The van der Waals surface area contributed by atoms with Gasteiger partial charge in [-0.25, -0.2) is 0 Å². The van der Waals surface area contributed by atoms with Gasteiger partial charge in [0.2, 0.25) is 0 Å². The van der Waals surface area contributed by atoms with Crippen molar-refractivity contribution < 1.29 is 4.79 Å². The molecule has 1 amide bonds. The maximum atomic E-state index is 13.2. The fraction of sp³-hybridized carbons (Fsp3) is 0.774. The van der Waals surface area contributed by atoms with Gasteiger partial charge in [0.25, 0.3) is 5.91 Å². The first-order valence-electron chi connectivity index (χ1n) is 14.2. The summed E-state index contributed by atoms with van der Waals surface area (Å²) < 4.78 is 0. The van der Waals surface area contributed by atoms with Crippen molar-refractivity contribution in [3.05, 3.63) is 35.4 Å². The van der Waals surface area contributed by atoms with Crippen LogP contribution >= 0.6 is 0 Å². The van der Waals surface area contributed by atoms with Crippen LogP contribution in [0.15, 0.2) is 24.3 Å². The van der Waals surface area contributed by atoms with E-state index in [0.29, 0.717) is 16.9 Å². The van der Waals surface area contributed by atoms with Crippen molar-refractivity contribution >= 4 is 5.91 Å². The molecule has 4 aliphatic carbocycles. The number of hydrogen-bond donors (Lipinski definition) is 0. The molecule has 1 aromatic rings.